The van der Waals surface area contributed by atoms with E-state index in [1.807, 2.05) is 0 Å². The molecule has 0 saturated carbocycles. The molecule has 0 radical (unpaired) electrons. The predicted octanol–water partition coefficient (Wildman–Crippen LogP) is 2.93. The lowest BCUT2D eigenvalue weighted by atomic mass is 10.1. The molecule has 0 aliphatic carbocycles. The third kappa shape index (κ3) is 5.23. The first-order valence-corrected chi connectivity index (χ1v) is 9.08. The Balaban J connectivity index is 0.00000208. The van der Waals surface area contributed by atoms with Crippen molar-refractivity contribution in [3.05, 3.63) is 28.7 Å². The van der Waals surface area contributed by atoms with Crippen molar-refractivity contribution >= 4 is 51.6 Å². The van der Waals surface area contributed by atoms with Crippen LogP contribution in [0.2, 0.25) is 0 Å². The smallest absolute Gasteiger partial charge is 0.191 e. The van der Waals surface area contributed by atoms with Crippen molar-refractivity contribution in [3.8, 4) is 0 Å². The van der Waals surface area contributed by atoms with Gasteiger partial charge in [0, 0.05) is 42.9 Å². The maximum Gasteiger partial charge on any atom is 0.191 e. The molecular weight excluding hydrogens is 483 g/mol. The second-order valence-electron chi connectivity index (χ2n) is 6.40. The van der Waals surface area contributed by atoms with Gasteiger partial charge in [-0.2, -0.15) is 0 Å². The minimum atomic E-state index is 0. The highest BCUT2D eigenvalue weighted by molar-refractivity contribution is 14.0. The van der Waals surface area contributed by atoms with Crippen LogP contribution in [0.1, 0.15) is 13.3 Å². The molecule has 24 heavy (non-hydrogen) atoms. The average Bonchev–Trinajstić information content (AvgIpc) is 3.02. The van der Waals surface area contributed by atoms with E-state index < -0.39 is 0 Å². The van der Waals surface area contributed by atoms with Gasteiger partial charge >= 0.3 is 0 Å². The van der Waals surface area contributed by atoms with Gasteiger partial charge in [-0.3, -0.25) is 4.99 Å². The Morgan fingerprint density at radius 2 is 2.04 bits per heavy atom. The predicted molar refractivity (Wildman–Crippen MR) is 113 cm³/mol. The molecule has 2 unspecified atom stereocenters. The molecule has 2 aliphatic heterocycles. The van der Waals surface area contributed by atoms with Gasteiger partial charge < -0.3 is 20.3 Å². The lowest BCUT2D eigenvalue weighted by molar-refractivity contribution is 0.00528. The van der Waals surface area contributed by atoms with Crippen LogP contribution in [0.3, 0.4) is 0 Å². The van der Waals surface area contributed by atoms with Crippen molar-refractivity contribution < 1.29 is 4.74 Å². The highest BCUT2D eigenvalue weighted by Crippen LogP contribution is 2.25. The van der Waals surface area contributed by atoms with Gasteiger partial charge in [-0.25, -0.2) is 0 Å². The van der Waals surface area contributed by atoms with Gasteiger partial charge in [-0.1, -0.05) is 15.9 Å². The molecule has 0 aromatic heterocycles. The van der Waals surface area contributed by atoms with E-state index >= 15 is 0 Å². The zero-order chi connectivity index (χ0) is 16.2. The minimum absolute atomic E-state index is 0. The Morgan fingerprint density at radius 1 is 1.29 bits per heavy atom. The Morgan fingerprint density at radius 3 is 2.75 bits per heavy atom. The molecule has 1 aromatic rings. The van der Waals surface area contributed by atoms with Gasteiger partial charge in [-0.05, 0) is 43.5 Å². The van der Waals surface area contributed by atoms with E-state index in [9.17, 15) is 0 Å². The first kappa shape index (κ1) is 19.8. The molecule has 134 valence electrons. The molecule has 2 N–H and O–H groups in total. The van der Waals surface area contributed by atoms with Gasteiger partial charge in [0.25, 0.3) is 0 Å². The quantitative estimate of drug-likeness (QED) is 0.387. The molecule has 1 aromatic carbocycles. The molecule has 2 aliphatic rings. The van der Waals surface area contributed by atoms with Crippen molar-refractivity contribution in [2.75, 3.05) is 44.2 Å². The molecule has 2 fully saturated rings. The fourth-order valence-corrected chi connectivity index (χ4v) is 3.48. The molecule has 2 saturated heterocycles. The second-order valence-corrected chi connectivity index (χ2v) is 7.32. The SMILES string of the molecule is CC1CN(C(N)=NCC2CCN(c3ccc(Br)cc3)C2)CCO1.I. The standard InChI is InChI=1S/C17H25BrN4O.HI/c1-13-11-22(8-9-23-13)17(19)20-10-14-6-7-21(12-14)16-4-2-15(18)3-5-16;/h2-5,13-14H,6-12H2,1H3,(H2,19,20);1H. The number of aliphatic imine (C=N–C) groups is 1. The maximum atomic E-state index is 6.15. The summed E-state index contributed by atoms with van der Waals surface area (Å²) < 4.78 is 6.66. The molecular formula is C17H26BrIN4O. The summed E-state index contributed by atoms with van der Waals surface area (Å²) in [4.78, 5) is 9.20. The number of benzene rings is 1. The Kier molecular flexibility index (Phi) is 7.61. The van der Waals surface area contributed by atoms with Crippen molar-refractivity contribution in [2.24, 2.45) is 16.6 Å². The molecule has 2 atom stereocenters. The molecule has 7 heteroatoms. The van der Waals surface area contributed by atoms with Gasteiger partial charge in [-0.15, -0.1) is 24.0 Å². The summed E-state index contributed by atoms with van der Waals surface area (Å²) in [6.07, 6.45) is 1.41. The normalized spacial score (nSPS) is 24.8. The third-order valence-electron chi connectivity index (χ3n) is 4.55. The van der Waals surface area contributed by atoms with Crippen molar-refractivity contribution in [1.29, 1.82) is 0 Å². The highest BCUT2D eigenvalue weighted by atomic mass is 127. The van der Waals surface area contributed by atoms with Gasteiger partial charge in [0.1, 0.15) is 0 Å². The van der Waals surface area contributed by atoms with Gasteiger partial charge in [0.05, 0.1) is 12.7 Å². The molecule has 5 nitrogen and oxygen atoms in total. The fourth-order valence-electron chi connectivity index (χ4n) is 3.22. The van der Waals surface area contributed by atoms with Crippen LogP contribution in [0.25, 0.3) is 0 Å². The van der Waals surface area contributed by atoms with Crippen molar-refractivity contribution in [3.63, 3.8) is 0 Å². The largest absolute Gasteiger partial charge is 0.375 e. The van der Waals surface area contributed by atoms with Crippen LogP contribution in [-0.4, -0.2) is 56.3 Å². The summed E-state index contributed by atoms with van der Waals surface area (Å²) >= 11 is 3.48. The van der Waals surface area contributed by atoms with Crippen molar-refractivity contribution in [1.82, 2.24) is 4.90 Å². The number of guanidine groups is 1. The van der Waals surface area contributed by atoms with E-state index in [1.54, 1.807) is 0 Å². The minimum Gasteiger partial charge on any atom is -0.375 e. The number of morpholine rings is 1. The summed E-state index contributed by atoms with van der Waals surface area (Å²) in [6, 6.07) is 8.52. The summed E-state index contributed by atoms with van der Waals surface area (Å²) in [7, 11) is 0. The number of nitrogens with zero attached hydrogens (tertiary/aromatic N) is 3. The van der Waals surface area contributed by atoms with Crippen LogP contribution >= 0.6 is 39.9 Å². The second kappa shape index (κ2) is 9.24. The summed E-state index contributed by atoms with van der Waals surface area (Å²) in [5.74, 6) is 1.25. The lowest BCUT2D eigenvalue weighted by Crippen LogP contribution is -2.48. The monoisotopic (exact) mass is 508 g/mol. The zero-order valence-electron chi connectivity index (χ0n) is 14.0. The number of hydrogen-bond acceptors (Lipinski definition) is 3. The molecule has 0 bridgehead atoms. The highest BCUT2D eigenvalue weighted by Gasteiger charge is 2.23. The first-order valence-electron chi connectivity index (χ1n) is 8.29. The summed E-state index contributed by atoms with van der Waals surface area (Å²) in [5.41, 5.74) is 7.44. The van der Waals surface area contributed by atoms with Gasteiger partial charge in [0.2, 0.25) is 0 Å². The molecule has 0 spiro atoms. The van der Waals surface area contributed by atoms with Crippen LogP contribution in [0, 0.1) is 5.92 Å². The van der Waals surface area contributed by atoms with Gasteiger partial charge in [0.15, 0.2) is 5.96 Å². The van der Waals surface area contributed by atoms with E-state index in [1.165, 1.54) is 12.1 Å². The van der Waals surface area contributed by atoms with Crippen LogP contribution in [0.5, 0.6) is 0 Å². The number of anilines is 1. The lowest BCUT2D eigenvalue weighted by Gasteiger charge is -2.32. The average molecular weight is 509 g/mol. The van der Waals surface area contributed by atoms with Crippen molar-refractivity contribution in [2.45, 2.75) is 19.4 Å². The van der Waals surface area contributed by atoms with Crippen LogP contribution in [-0.2, 0) is 4.74 Å². The topological polar surface area (TPSA) is 54.1 Å². The van der Waals surface area contributed by atoms with Crippen LogP contribution in [0.4, 0.5) is 5.69 Å². The Labute approximate surface area is 169 Å². The Hall–Kier alpha value is -0.540. The zero-order valence-corrected chi connectivity index (χ0v) is 17.9. The third-order valence-corrected chi connectivity index (χ3v) is 5.08. The van der Waals surface area contributed by atoms with E-state index in [-0.39, 0.29) is 30.1 Å². The fraction of sp³-hybridized carbons (Fsp3) is 0.588. The number of halogens is 2. The van der Waals surface area contributed by atoms with E-state index in [0.717, 1.165) is 43.8 Å². The molecule has 2 heterocycles. The Bertz CT molecular complexity index is 554. The summed E-state index contributed by atoms with van der Waals surface area (Å²) in [6.45, 7) is 7.45. The van der Waals surface area contributed by atoms with E-state index in [4.69, 9.17) is 10.5 Å². The first-order chi connectivity index (χ1) is 11.1. The van der Waals surface area contributed by atoms with Crippen LogP contribution in [0.15, 0.2) is 33.7 Å². The number of rotatable bonds is 3. The van der Waals surface area contributed by atoms with Crippen LogP contribution < -0.4 is 10.6 Å². The van der Waals surface area contributed by atoms with E-state index in [2.05, 4.69) is 61.9 Å². The molecule has 0 amide bonds. The maximum absolute atomic E-state index is 6.15. The number of hydrogen-bond donors (Lipinski definition) is 1. The summed E-state index contributed by atoms with van der Waals surface area (Å²) in [5, 5.41) is 0. The molecule has 3 rings (SSSR count). The number of ether oxygens (including phenoxy) is 1. The number of nitrogens with two attached hydrogens (primary N) is 1. The van der Waals surface area contributed by atoms with E-state index in [0.29, 0.717) is 11.9 Å².